The molecule has 0 heterocycles. The summed E-state index contributed by atoms with van der Waals surface area (Å²) in [6.45, 7) is 7.57. The summed E-state index contributed by atoms with van der Waals surface area (Å²) in [4.78, 5) is 27.1. The van der Waals surface area contributed by atoms with E-state index in [1.807, 2.05) is 0 Å². The monoisotopic (exact) mass is 432 g/mol. The standard InChI is InChI=1S/C20H32N4O2.2ClH/c1-3-24(4-2)14-13-22-18(25)16-9-8-10-17(15-16)23-19(26)20(21)11-6-5-7-12-20;;/h8-10,15H,3-7,11-14,21H2,1-2H3,(H,22,25)(H,23,26);2*1H. The van der Waals surface area contributed by atoms with Crippen molar-refractivity contribution in [2.24, 2.45) is 5.73 Å². The molecule has 0 aromatic heterocycles. The summed E-state index contributed by atoms with van der Waals surface area (Å²) in [5.41, 5.74) is 6.63. The topological polar surface area (TPSA) is 87.5 Å². The fourth-order valence-electron chi connectivity index (χ4n) is 3.37. The van der Waals surface area contributed by atoms with Crippen LogP contribution in [-0.2, 0) is 4.79 Å². The van der Waals surface area contributed by atoms with Gasteiger partial charge in [-0.1, -0.05) is 39.2 Å². The zero-order valence-electron chi connectivity index (χ0n) is 16.8. The molecule has 0 atom stereocenters. The summed E-state index contributed by atoms with van der Waals surface area (Å²) in [5, 5.41) is 5.82. The van der Waals surface area contributed by atoms with Gasteiger partial charge in [-0.25, -0.2) is 0 Å². The summed E-state index contributed by atoms with van der Waals surface area (Å²) < 4.78 is 0. The predicted octanol–water partition coefficient (Wildman–Crippen LogP) is 3.20. The number of rotatable bonds is 8. The van der Waals surface area contributed by atoms with Crippen LogP contribution in [0.15, 0.2) is 24.3 Å². The number of nitrogens with zero attached hydrogens (tertiary/aromatic N) is 1. The van der Waals surface area contributed by atoms with E-state index in [2.05, 4.69) is 29.4 Å². The van der Waals surface area contributed by atoms with E-state index in [-0.39, 0.29) is 36.6 Å². The molecule has 0 bridgehead atoms. The number of hydrogen-bond donors (Lipinski definition) is 3. The van der Waals surface area contributed by atoms with Crippen LogP contribution in [-0.4, -0.2) is 48.4 Å². The van der Waals surface area contributed by atoms with Crippen molar-refractivity contribution in [1.82, 2.24) is 10.2 Å². The van der Waals surface area contributed by atoms with E-state index in [0.717, 1.165) is 38.9 Å². The molecule has 0 radical (unpaired) electrons. The van der Waals surface area contributed by atoms with Gasteiger partial charge < -0.3 is 21.3 Å². The van der Waals surface area contributed by atoms with Crippen LogP contribution in [0.4, 0.5) is 5.69 Å². The van der Waals surface area contributed by atoms with Gasteiger partial charge in [0.25, 0.3) is 5.91 Å². The van der Waals surface area contributed by atoms with Crippen LogP contribution in [0.2, 0.25) is 0 Å². The number of anilines is 1. The van der Waals surface area contributed by atoms with E-state index >= 15 is 0 Å². The molecule has 1 aromatic carbocycles. The largest absolute Gasteiger partial charge is 0.351 e. The summed E-state index contributed by atoms with van der Waals surface area (Å²) in [6, 6.07) is 7.02. The van der Waals surface area contributed by atoms with E-state index in [1.165, 1.54) is 0 Å². The lowest BCUT2D eigenvalue weighted by Crippen LogP contribution is -2.52. The molecule has 6 nitrogen and oxygen atoms in total. The number of hydrogen-bond acceptors (Lipinski definition) is 4. The second-order valence-electron chi connectivity index (χ2n) is 7.03. The van der Waals surface area contributed by atoms with Gasteiger partial charge in [0.1, 0.15) is 0 Å². The molecule has 0 unspecified atom stereocenters. The highest BCUT2D eigenvalue weighted by molar-refractivity contribution is 6.00. The van der Waals surface area contributed by atoms with Crippen molar-refractivity contribution in [3.63, 3.8) is 0 Å². The van der Waals surface area contributed by atoms with Crippen LogP contribution < -0.4 is 16.4 Å². The first kappa shape index (κ1) is 26.7. The molecule has 28 heavy (non-hydrogen) atoms. The van der Waals surface area contributed by atoms with Gasteiger partial charge in [0.15, 0.2) is 0 Å². The van der Waals surface area contributed by atoms with E-state index in [4.69, 9.17) is 5.73 Å². The van der Waals surface area contributed by atoms with E-state index in [9.17, 15) is 9.59 Å². The van der Waals surface area contributed by atoms with Crippen LogP contribution in [0.1, 0.15) is 56.3 Å². The maximum Gasteiger partial charge on any atom is 0.251 e. The Morgan fingerprint density at radius 3 is 2.36 bits per heavy atom. The van der Waals surface area contributed by atoms with Gasteiger partial charge in [0, 0.05) is 24.3 Å². The number of nitrogens with one attached hydrogen (secondary N) is 2. The van der Waals surface area contributed by atoms with Gasteiger partial charge in [-0.15, -0.1) is 24.8 Å². The van der Waals surface area contributed by atoms with Crippen molar-refractivity contribution in [1.29, 1.82) is 0 Å². The molecule has 0 aliphatic heterocycles. The molecule has 160 valence electrons. The number of nitrogens with two attached hydrogens (primary N) is 1. The van der Waals surface area contributed by atoms with Crippen LogP contribution in [0, 0.1) is 0 Å². The molecule has 1 aromatic rings. The number of carbonyl (C=O) groups excluding carboxylic acids is 2. The molecule has 2 rings (SSSR count). The fraction of sp³-hybridized carbons (Fsp3) is 0.600. The molecule has 1 fully saturated rings. The lowest BCUT2D eigenvalue weighted by atomic mass is 9.82. The Labute approximate surface area is 180 Å². The second-order valence-corrected chi connectivity index (χ2v) is 7.03. The quantitative estimate of drug-likeness (QED) is 0.588. The minimum absolute atomic E-state index is 0. The normalized spacial score (nSPS) is 15.1. The molecule has 0 spiro atoms. The number of halogens is 2. The highest BCUT2D eigenvalue weighted by Gasteiger charge is 2.35. The Morgan fingerprint density at radius 2 is 1.75 bits per heavy atom. The van der Waals surface area contributed by atoms with Crippen molar-refractivity contribution in [3.8, 4) is 0 Å². The van der Waals surface area contributed by atoms with Gasteiger partial charge in [-0.05, 0) is 44.1 Å². The first-order valence-corrected chi connectivity index (χ1v) is 9.69. The lowest BCUT2D eigenvalue weighted by molar-refractivity contribution is -0.122. The highest BCUT2D eigenvalue weighted by Crippen LogP contribution is 2.27. The molecule has 0 saturated heterocycles. The van der Waals surface area contributed by atoms with Crippen LogP contribution in [0.3, 0.4) is 0 Å². The van der Waals surface area contributed by atoms with Crippen molar-refractivity contribution in [2.75, 3.05) is 31.5 Å². The van der Waals surface area contributed by atoms with Crippen molar-refractivity contribution >= 4 is 42.3 Å². The third-order valence-electron chi connectivity index (χ3n) is 5.19. The molecule has 8 heteroatoms. The molecule has 1 aliphatic rings. The van der Waals surface area contributed by atoms with Crippen molar-refractivity contribution < 1.29 is 9.59 Å². The van der Waals surface area contributed by atoms with Crippen LogP contribution in [0.5, 0.6) is 0 Å². The Morgan fingerprint density at radius 1 is 1.11 bits per heavy atom. The first-order chi connectivity index (χ1) is 12.5. The zero-order valence-corrected chi connectivity index (χ0v) is 18.5. The molecular formula is C20H34Cl2N4O2. The minimum Gasteiger partial charge on any atom is -0.351 e. The maximum absolute atomic E-state index is 12.5. The molecule has 2 amide bonds. The third-order valence-corrected chi connectivity index (χ3v) is 5.19. The van der Waals surface area contributed by atoms with Gasteiger partial charge in [0.2, 0.25) is 5.91 Å². The van der Waals surface area contributed by atoms with E-state index in [0.29, 0.717) is 30.6 Å². The number of benzene rings is 1. The minimum atomic E-state index is -0.791. The predicted molar refractivity (Wildman–Crippen MR) is 120 cm³/mol. The average molecular weight is 433 g/mol. The number of likely N-dealkylation sites (N-methyl/N-ethyl adjacent to an activating group) is 1. The zero-order chi connectivity index (χ0) is 19.0. The van der Waals surface area contributed by atoms with Crippen molar-refractivity contribution in [3.05, 3.63) is 29.8 Å². The lowest BCUT2D eigenvalue weighted by Gasteiger charge is -2.31. The molecule has 1 aliphatic carbocycles. The third kappa shape index (κ3) is 7.59. The molecular weight excluding hydrogens is 399 g/mol. The number of carbonyl (C=O) groups is 2. The maximum atomic E-state index is 12.5. The Kier molecular flexibility index (Phi) is 12.4. The van der Waals surface area contributed by atoms with Crippen LogP contribution in [0.25, 0.3) is 0 Å². The highest BCUT2D eigenvalue weighted by atomic mass is 35.5. The molecule has 1 saturated carbocycles. The fourth-order valence-corrected chi connectivity index (χ4v) is 3.37. The van der Waals surface area contributed by atoms with Gasteiger partial charge in [0.05, 0.1) is 5.54 Å². The smallest absolute Gasteiger partial charge is 0.251 e. The Balaban J connectivity index is 0.00000364. The summed E-state index contributed by atoms with van der Waals surface area (Å²) >= 11 is 0. The van der Waals surface area contributed by atoms with Crippen LogP contribution >= 0.6 is 24.8 Å². The second kappa shape index (κ2) is 13.0. The van der Waals surface area contributed by atoms with Gasteiger partial charge in [-0.3, -0.25) is 9.59 Å². The molecule has 4 N–H and O–H groups in total. The summed E-state index contributed by atoms with van der Waals surface area (Å²) in [7, 11) is 0. The summed E-state index contributed by atoms with van der Waals surface area (Å²) in [5.74, 6) is -0.287. The summed E-state index contributed by atoms with van der Waals surface area (Å²) in [6.07, 6.45) is 4.53. The average Bonchev–Trinajstić information content (AvgIpc) is 2.66. The Bertz CT molecular complexity index is 618. The first-order valence-electron chi connectivity index (χ1n) is 9.69. The van der Waals surface area contributed by atoms with Gasteiger partial charge in [-0.2, -0.15) is 0 Å². The van der Waals surface area contributed by atoms with E-state index < -0.39 is 5.54 Å². The van der Waals surface area contributed by atoms with Crippen molar-refractivity contribution in [2.45, 2.75) is 51.5 Å². The Hall–Kier alpha value is -1.34. The SMILES string of the molecule is CCN(CC)CCNC(=O)c1cccc(NC(=O)C2(N)CCCCC2)c1.Cl.Cl. The number of amides is 2. The van der Waals surface area contributed by atoms with Gasteiger partial charge >= 0.3 is 0 Å². The van der Waals surface area contributed by atoms with E-state index in [1.54, 1.807) is 24.3 Å².